The Hall–Kier alpha value is -1.58. The zero-order chi connectivity index (χ0) is 11.3. The number of esters is 1. The van der Waals surface area contributed by atoms with Gasteiger partial charge in [-0.05, 0) is 30.7 Å². The molecule has 4 heteroatoms. The number of nitrogens with two attached hydrogens (primary N) is 1. The number of hydrogen-bond donors (Lipinski definition) is 1. The highest BCUT2D eigenvalue weighted by atomic mass is 19.1. The maximum absolute atomic E-state index is 11.8. The average molecular weight is 211 g/mol. The molecule has 3 nitrogen and oxygen atoms in total. The highest BCUT2D eigenvalue weighted by Gasteiger charge is 2.07. The van der Waals surface area contributed by atoms with Crippen molar-refractivity contribution in [3.63, 3.8) is 0 Å². The second kappa shape index (κ2) is 5.34. The van der Waals surface area contributed by atoms with Gasteiger partial charge in [0, 0.05) is 12.1 Å². The molecule has 1 rings (SSSR count). The van der Waals surface area contributed by atoms with Crippen LogP contribution < -0.4 is 5.73 Å². The molecule has 0 bridgehead atoms. The van der Waals surface area contributed by atoms with Gasteiger partial charge in [0.05, 0.1) is 18.8 Å². The first-order chi connectivity index (χ1) is 7.15. The Balaban J connectivity index is 2.62. The third kappa shape index (κ3) is 3.23. The molecule has 15 heavy (non-hydrogen) atoms. The van der Waals surface area contributed by atoms with Gasteiger partial charge in [-0.3, -0.25) is 4.39 Å². The van der Waals surface area contributed by atoms with E-state index in [2.05, 4.69) is 0 Å². The monoisotopic (exact) mass is 211 g/mol. The SMILES string of the molecule is Cc1cc(C(=O)OCCCF)ccc1N. The van der Waals surface area contributed by atoms with Crippen LogP contribution in [-0.2, 0) is 4.74 Å². The fourth-order valence-electron chi connectivity index (χ4n) is 1.11. The van der Waals surface area contributed by atoms with Crippen molar-refractivity contribution in [3.8, 4) is 0 Å². The van der Waals surface area contributed by atoms with E-state index in [0.717, 1.165) is 5.56 Å². The zero-order valence-electron chi connectivity index (χ0n) is 8.63. The van der Waals surface area contributed by atoms with E-state index in [-0.39, 0.29) is 13.0 Å². The van der Waals surface area contributed by atoms with E-state index in [1.54, 1.807) is 18.2 Å². The van der Waals surface area contributed by atoms with Crippen molar-refractivity contribution in [2.45, 2.75) is 13.3 Å². The number of hydrogen-bond acceptors (Lipinski definition) is 3. The van der Waals surface area contributed by atoms with Gasteiger partial charge in [-0.25, -0.2) is 4.79 Å². The van der Waals surface area contributed by atoms with Crippen LogP contribution in [0.25, 0.3) is 0 Å². The van der Waals surface area contributed by atoms with Crippen LogP contribution in [0.4, 0.5) is 10.1 Å². The number of rotatable bonds is 4. The van der Waals surface area contributed by atoms with Gasteiger partial charge in [0.2, 0.25) is 0 Å². The van der Waals surface area contributed by atoms with Crippen molar-refractivity contribution in [1.82, 2.24) is 0 Å². The molecule has 0 atom stereocenters. The van der Waals surface area contributed by atoms with E-state index < -0.39 is 12.6 Å². The normalized spacial score (nSPS) is 10.0. The van der Waals surface area contributed by atoms with Gasteiger partial charge < -0.3 is 10.5 Å². The standard InChI is InChI=1S/C11H14FNO2/c1-8-7-9(3-4-10(8)13)11(14)15-6-2-5-12/h3-4,7H,2,5-6,13H2,1H3. The number of carbonyl (C=O) groups is 1. The fourth-order valence-corrected chi connectivity index (χ4v) is 1.11. The predicted octanol–water partition coefficient (Wildman–Crippen LogP) is 2.09. The van der Waals surface area contributed by atoms with Crippen LogP contribution >= 0.6 is 0 Å². The van der Waals surface area contributed by atoms with Gasteiger partial charge >= 0.3 is 5.97 Å². The first-order valence-corrected chi connectivity index (χ1v) is 4.74. The van der Waals surface area contributed by atoms with Gasteiger partial charge in [-0.2, -0.15) is 0 Å². The lowest BCUT2D eigenvalue weighted by molar-refractivity contribution is 0.0494. The van der Waals surface area contributed by atoms with E-state index >= 15 is 0 Å². The largest absolute Gasteiger partial charge is 0.462 e. The number of alkyl halides is 1. The fraction of sp³-hybridized carbons (Fsp3) is 0.364. The first-order valence-electron chi connectivity index (χ1n) is 4.74. The summed E-state index contributed by atoms with van der Waals surface area (Å²) in [5, 5.41) is 0. The Kier molecular flexibility index (Phi) is 4.09. The van der Waals surface area contributed by atoms with Crippen molar-refractivity contribution in [1.29, 1.82) is 0 Å². The van der Waals surface area contributed by atoms with Crippen molar-refractivity contribution in [2.75, 3.05) is 19.0 Å². The van der Waals surface area contributed by atoms with E-state index in [1.807, 2.05) is 6.92 Å². The van der Waals surface area contributed by atoms with Crippen LogP contribution in [0.2, 0.25) is 0 Å². The number of anilines is 1. The summed E-state index contributed by atoms with van der Waals surface area (Å²) >= 11 is 0. The molecular weight excluding hydrogens is 197 g/mol. The predicted molar refractivity (Wildman–Crippen MR) is 56.5 cm³/mol. The topological polar surface area (TPSA) is 52.3 Å². The van der Waals surface area contributed by atoms with Gasteiger partial charge in [-0.1, -0.05) is 0 Å². The second-order valence-electron chi connectivity index (χ2n) is 3.25. The lowest BCUT2D eigenvalue weighted by atomic mass is 10.1. The molecule has 0 saturated heterocycles. The number of carbonyl (C=O) groups excluding carboxylic acids is 1. The summed E-state index contributed by atoms with van der Waals surface area (Å²) in [5.41, 5.74) is 7.52. The minimum atomic E-state index is -0.478. The van der Waals surface area contributed by atoms with Gasteiger partial charge in [0.15, 0.2) is 0 Å². The van der Waals surface area contributed by atoms with Crippen LogP contribution in [0, 0.1) is 6.92 Å². The summed E-state index contributed by atoms with van der Waals surface area (Å²) in [7, 11) is 0. The maximum Gasteiger partial charge on any atom is 0.338 e. The molecule has 0 aliphatic rings. The number of nitrogen functional groups attached to an aromatic ring is 1. The summed E-state index contributed by atoms with van der Waals surface area (Å²) < 4.78 is 16.6. The van der Waals surface area contributed by atoms with Gasteiger partial charge in [0.1, 0.15) is 0 Å². The van der Waals surface area contributed by atoms with Crippen LogP contribution in [0.5, 0.6) is 0 Å². The highest BCUT2D eigenvalue weighted by Crippen LogP contribution is 2.13. The van der Waals surface area contributed by atoms with Crippen molar-refractivity contribution in [2.24, 2.45) is 0 Å². The first kappa shape index (κ1) is 11.5. The molecule has 0 saturated carbocycles. The number of ether oxygens (including phenoxy) is 1. The summed E-state index contributed by atoms with van der Waals surface area (Å²) in [5.74, 6) is -0.438. The molecule has 2 N–H and O–H groups in total. The third-order valence-corrected chi connectivity index (χ3v) is 2.02. The summed E-state index contributed by atoms with van der Waals surface area (Å²) in [6.45, 7) is 1.44. The van der Waals surface area contributed by atoms with E-state index in [4.69, 9.17) is 10.5 Å². The molecule has 0 aliphatic carbocycles. The van der Waals surface area contributed by atoms with E-state index in [1.165, 1.54) is 0 Å². The molecule has 0 aliphatic heterocycles. The zero-order valence-corrected chi connectivity index (χ0v) is 8.63. The Labute approximate surface area is 88.0 Å². The maximum atomic E-state index is 11.8. The molecule has 0 radical (unpaired) electrons. The van der Waals surface area contributed by atoms with E-state index in [0.29, 0.717) is 11.3 Å². The molecule has 0 aromatic heterocycles. The lowest BCUT2D eigenvalue weighted by Gasteiger charge is -2.05. The Morgan fingerprint density at radius 2 is 2.27 bits per heavy atom. The van der Waals surface area contributed by atoms with Crippen LogP contribution in [0.3, 0.4) is 0 Å². The van der Waals surface area contributed by atoms with E-state index in [9.17, 15) is 9.18 Å². The van der Waals surface area contributed by atoms with Crippen LogP contribution in [0.1, 0.15) is 22.3 Å². The van der Waals surface area contributed by atoms with Gasteiger partial charge in [0.25, 0.3) is 0 Å². The molecule has 0 amide bonds. The highest BCUT2D eigenvalue weighted by molar-refractivity contribution is 5.90. The van der Waals surface area contributed by atoms with Crippen molar-refractivity contribution in [3.05, 3.63) is 29.3 Å². The number of halogens is 1. The molecule has 0 unspecified atom stereocenters. The van der Waals surface area contributed by atoms with Crippen molar-refractivity contribution >= 4 is 11.7 Å². The minimum Gasteiger partial charge on any atom is -0.462 e. The smallest absolute Gasteiger partial charge is 0.338 e. The Bertz CT molecular complexity index is 352. The Morgan fingerprint density at radius 1 is 1.53 bits per heavy atom. The number of benzene rings is 1. The quantitative estimate of drug-likeness (QED) is 0.471. The number of aryl methyl sites for hydroxylation is 1. The summed E-state index contributed by atoms with van der Waals surface area (Å²) in [6.07, 6.45) is 0.236. The van der Waals surface area contributed by atoms with Crippen molar-refractivity contribution < 1.29 is 13.9 Å². The molecule has 0 heterocycles. The molecule has 0 spiro atoms. The Morgan fingerprint density at radius 3 is 2.87 bits per heavy atom. The molecule has 0 fully saturated rings. The van der Waals surface area contributed by atoms with Gasteiger partial charge in [-0.15, -0.1) is 0 Å². The second-order valence-corrected chi connectivity index (χ2v) is 3.25. The lowest BCUT2D eigenvalue weighted by Crippen LogP contribution is -2.07. The molecule has 82 valence electrons. The van der Waals surface area contributed by atoms with Crippen LogP contribution in [-0.4, -0.2) is 19.3 Å². The molecule has 1 aromatic rings. The molecular formula is C11H14FNO2. The van der Waals surface area contributed by atoms with Crippen LogP contribution in [0.15, 0.2) is 18.2 Å². The third-order valence-electron chi connectivity index (χ3n) is 2.02. The average Bonchev–Trinajstić information content (AvgIpc) is 2.22. The summed E-state index contributed by atoms with van der Waals surface area (Å²) in [4.78, 5) is 11.4. The minimum absolute atomic E-state index is 0.110. The molecule has 1 aromatic carbocycles. The summed E-state index contributed by atoms with van der Waals surface area (Å²) in [6, 6.07) is 4.91.